The van der Waals surface area contributed by atoms with Crippen LogP contribution in [0.4, 0.5) is 14.5 Å². The first-order valence-electron chi connectivity index (χ1n) is 10.2. The zero-order valence-electron chi connectivity index (χ0n) is 15.7. The van der Waals surface area contributed by atoms with E-state index in [4.69, 9.17) is 0 Å². The van der Waals surface area contributed by atoms with Crippen LogP contribution in [-0.2, 0) is 0 Å². The van der Waals surface area contributed by atoms with Crippen molar-refractivity contribution in [3.63, 3.8) is 0 Å². The standard InChI is InChI=1S/C23H28F2N2/c24-18-14-19(25)16-21(15-18)26-20-10-12-27(13-11-20)23-9-5-4-8-22(23)17-6-2-1-3-7-17/h1-3,6-7,14-16,20,22-23,26H,4-5,8-13H2/t22-,23-/m1/s1. The van der Waals surface area contributed by atoms with Crippen LogP contribution >= 0.6 is 0 Å². The minimum atomic E-state index is -0.525. The molecule has 1 aliphatic carbocycles. The lowest BCUT2D eigenvalue weighted by molar-refractivity contribution is 0.109. The molecule has 0 amide bonds. The highest BCUT2D eigenvalue weighted by Crippen LogP contribution is 2.37. The highest BCUT2D eigenvalue weighted by atomic mass is 19.1. The molecule has 2 aliphatic rings. The van der Waals surface area contributed by atoms with Crippen molar-refractivity contribution in [1.29, 1.82) is 0 Å². The van der Waals surface area contributed by atoms with E-state index in [2.05, 4.69) is 40.5 Å². The zero-order valence-corrected chi connectivity index (χ0v) is 15.7. The van der Waals surface area contributed by atoms with Gasteiger partial charge in [0, 0.05) is 36.9 Å². The molecule has 4 rings (SSSR count). The molecule has 2 nitrogen and oxygen atoms in total. The van der Waals surface area contributed by atoms with Crippen LogP contribution in [0.3, 0.4) is 0 Å². The van der Waals surface area contributed by atoms with Gasteiger partial charge in [0.1, 0.15) is 11.6 Å². The van der Waals surface area contributed by atoms with Crippen LogP contribution in [0.15, 0.2) is 48.5 Å². The van der Waals surface area contributed by atoms with Gasteiger partial charge >= 0.3 is 0 Å². The Bertz CT molecular complexity index is 721. The van der Waals surface area contributed by atoms with E-state index in [-0.39, 0.29) is 6.04 Å². The number of halogens is 2. The Morgan fingerprint density at radius 3 is 2.19 bits per heavy atom. The Morgan fingerprint density at radius 2 is 1.48 bits per heavy atom. The summed E-state index contributed by atoms with van der Waals surface area (Å²) in [5.41, 5.74) is 2.02. The first kappa shape index (κ1) is 18.4. The Morgan fingerprint density at radius 1 is 0.815 bits per heavy atom. The van der Waals surface area contributed by atoms with Gasteiger partial charge in [0.15, 0.2) is 0 Å². The number of nitrogens with one attached hydrogen (secondary N) is 1. The molecule has 1 heterocycles. The molecule has 144 valence electrons. The smallest absolute Gasteiger partial charge is 0.128 e. The third kappa shape index (κ3) is 4.49. The summed E-state index contributed by atoms with van der Waals surface area (Å²) in [5.74, 6) is -0.424. The molecular weight excluding hydrogens is 342 g/mol. The summed E-state index contributed by atoms with van der Waals surface area (Å²) in [5, 5.41) is 3.32. The number of hydrogen-bond acceptors (Lipinski definition) is 2. The molecule has 2 fully saturated rings. The normalized spacial score (nSPS) is 24.7. The lowest BCUT2D eigenvalue weighted by Gasteiger charge is -2.44. The number of likely N-dealkylation sites (tertiary alicyclic amines) is 1. The molecule has 27 heavy (non-hydrogen) atoms. The predicted octanol–water partition coefficient (Wildman–Crippen LogP) is 5.57. The molecule has 0 bridgehead atoms. The Hall–Kier alpha value is -1.94. The molecule has 1 N–H and O–H groups in total. The number of benzene rings is 2. The van der Waals surface area contributed by atoms with Gasteiger partial charge in [-0.3, -0.25) is 4.90 Å². The molecule has 1 saturated heterocycles. The summed E-state index contributed by atoms with van der Waals surface area (Å²) in [6.07, 6.45) is 7.20. The van der Waals surface area contributed by atoms with Gasteiger partial charge < -0.3 is 5.32 Å². The molecule has 2 atom stereocenters. The van der Waals surface area contributed by atoms with Gasteiger partial charge in [-0.05, 0) is 49.3 Å². The molecule has 1 saturated carbocycles. The maximum atomic E-state index is 13.4. The number of hydrogen-bond donors (Lipinski definition) is 1. The number of rotatable bonds is 4. The van der Waals surface area contributed by atoms with Crippen LogP contribution in [0.25, 0.3) is 0 Å². The molecular formula is C23H28F2N2. The van der Waals surface area contributed by atoms with Gasteiger partial charge in [-0.25, -0.2) is 8.78 Å². The second-order valence-electron chi connectivity index (χ2n) is 7.98. The average Bonchev–Trinajstić information content (AvgIpc) is 2.68. The van der Waals surface area contributed by atoms with E-state index in [1.165, 1.54) is 43.4 Å². The summed E-state index contributed by atoms with van der Waals surface area (Å²) in [7, 11) is 0. The first-order valence-corrected chi connectivity index (χ1v) is 10.2. The largest absolute Gasteiger partial charge is 0.382 e. The highest BCUT2D eigenvalue weighted by Gasteiger charge is 2.33. The van der Waals surface area contributed by atoms with Crippen molar-refractivity contribution in [2.75, 3.05) is 18.4 Å². The highest BCUT2D eigenvalue weighted by molar-refractivity contribution is 5.44. The minimum absolute atomic E-state index is 0.279. The van der Waals surface area contributed by atoms with Crippen LogP contribution in [0.1, 0.15) is 50.0 Å². The Labute approximate surface area is 160 Å². The fourth-order valence-electron chi connectivity index (χ4n) is 4.89. The van der Waals surface area contributed by atoms with Gasteiger partial charge in [-0.2, -0.15) is 0 Å². The van der Waals surface area contributed by atoms with Gasteiger partial charge in [0.25, 0.3) is 0 Å². The van der Waals surface area contributed by atoms with E-state index in [0.717, 1.165) is 32.0 Å². The number of anilines is 1. The van der Waals surface area contributed by atoms with Crippen molar-refractivity contribution in [3.8, 4) is 0 Å². The molecule has 4 heteroatoms. The van der Waals surface area contributed by atoms with E-state index in [9.17, 15) is 8.78 Å². The maximum Gasteiger partial charge on any atom is 0.128 e. The van der Waals surface area contributed by atoms with Gasteiger partial charge in [0.2, 0.25) is 0 Å². The molecule has 0 aromatic heterocycles. The second-order valence-corrected chi connectivity index (χ2v) is 7.98. The van der Waals surface area contributed by atoms with Crippen LogP contribution in [0, 0.1) is 11.6 Å². The monoisotopic (exact) mass is 370 g/mol. The summed E-state index contributed by atoms with van der Waals surface area (Å²) in [4.78, 5) is 2.65. The van der Waals surface area contributed by atoms with Crippen LogP contribution < -0.4 is 5.32 Å². The van der Waals surface area contributed by atoms with E-state index in [1.54, 1.807) is 0 Å². The van der Waals surface area contributed by atoms with Crippen molar-refractivity contribution in [2.24, 2.45) is 0 Å². The lowest BCUT2D eigenvalue weighted by Crippen LogP contribution is -2.47. The molecule has 1 aliphatic heterocycles. The number of piperidine rings is 1. The Kier molecular flexibility index (Phi) is 5.72. The van der Waals surface area contributed by atoms with Gasteiger partial charge in [-0.1, -0.05) is 43.2 Å². The van der Waals surface area contributed by atoms with E-state index >= 15 is 0 Å². The average molecular weight is 370 g/mol. The Balaban J connectivity index is 1.37. The molecule has 2 aromatic carbocycles. The van der Waals surface area contributed by atoms with Crippen molar-refractivity contribution in [1.82, 2.24) is 4.90 Å². The van der Waals surface area contributed by atoms with Gasteiger partial charge in [0.05, 0.1) is 0 Å². The van der Waals surface area contributed by atoms with Crippen molar-refractivity contribution < 1.29 is 8.78 Å². The fraction of sp³-hybridized carbons (Fsp3) is 0.478. The molecule has 2 aromatic rings. The van der Waals surface area contributed by atoms with Crippen molar-refractivity contribution >= 4 is 5.69 Å². The van der Waals surface area contributed by atoms with Crippen LogP contribution in [0.5, 0.6) is 0 Å². The molecule has 0 radical (unpaired) electrons. The summed E-state index contributed by atoms with van der Waals surface area (Å²) < 4.78 is 26.8. The third-order valence-corrected chi connectivity index (χ3v) is 6.19. The first-order chi connectivity index (χ1) is 13.2. The zero-order chi connectivity index (χ0) is 18.6. The minimum Gasteiger partial charge on any atom is -0.382 e. The SMILES string of the molecule is Fc1cc(F)cc(NC2CCN([C@@H]3CCCC[C@@H]3c3ccccc3)CC2)c1. The second kappa shape index (κ2) is 8.39. The van der Waals surface area contributed by atoms with E-state index in [1.807, 2.05) is 0 Å². The third-order valence-electron chi connectivity index (χ3n) is 6.19. The maximum absolute atomic E-state index is 13.4. The molecule has 0 spiro atoms. The van der Waals surface area contributed by atoms with Gasteiger partial charge in [-0.15, -0.1) is 0 Å². The number of nitrogens with zero attached hydrogens (tertiary/aromatic N) is 1. The van der Waals surface area contributed by atoms with E-state index in [0.29, 0.717) is 17.6 Å². The molecule has 0 unspecified atom stereocenters. The van der Waals surface area contributed by atoms with Crippen molar-refractivity contribution in [3.05, 3.63) is 65.7 Å². The predicted molar refractivity (Wildman–Crippen MR) is 106 cm³/mol. The van der Waals surface area contributed by atoms with Crippen LogP contribution in [0.2, 0.25) is 0 Å². The fourth-order valence-corrected chi connectivity index (χ4v) is 4.89. The quantitative estimate of drug-likeness (QED) is 0.757. The lowest BCUT2D eigenvalue weighted by atomic mass is 9.78. The summed E-state index contributed by atoms with van der Waals surface area (Å²) >= 11 is 0. The summed E-state index contributed by atoms with van der Waals surface area (Å²) in [6, 6.07) is 15.5. The van der Waals surface area contributed by atoms with Crippen molar-refractivity contribution in [2.45, 2.75) is 56.5 Å². The van der Waals surface area contributed by atoms with E-state index < -0.39 is 11.6 Å². The summed E-state index contributed by atoms with van der Waals surface area (Å²) in [6.45, 7) is 2.09. The van der Waals surface area contributed by atoms with Crippen LogP contribution in [-0.4, -0.2) is 30.1 Å². The topological polar surface area (TPSA) is 15.3 Å².